The minimum atomic E-state index is -1.79. The number of nitrogens with zero attached hydrogens (tertiary/aromatic N) is 2. The second-order valence-corrected chi connectivity index (χ2v) is 15.9. The molecule has 0 spiro atoms. The zero-order chi connectivity index (χ0) is 21.6. The summed E-state index contributed by atoms with van der Waals surface area (Å²) >= 11 is 0. The van der Waals surface area contributed by atoms with Gasteiger partial charge in [0.2, 0.25) is 0 Å². The third-order valence-corrected chi connectivity index (χ3v) is 10.9. The molecule has 1 aliphatic heterocycles. The molecule has 1 aromatic heterocycles. The van der Waals surface area contributed by atoms with Crippen LogP contribution in [0, 0.1) is 0 Å². The smallest absolute Gasteiger partial charge is 0.192 e. The normalized spacial score (nSPS) is 18.5. The highest BCUT2D eigenvalue weighted by molar-refractivity contribution is 6.74. The lowest BCUT2D eigenvalue weighted by Crippen LogP contribution is -2.41. The molecule has 0 fully saturated rings. The van der Waals surface area contributed by atoms with Gasteiger partial charge in [-0.25, -0.2) is 0 Å². The molecule has 4 heteroatoms. The van der Waals surface area contributed by atoms with Gasteiger partial charge in [0.1, 0.15) is 0 Å². The van der Waals surface area contributed by atoms with Crippen molar-refractivity contribution in [2.75, 3.05) is 0 Å². The Bertz CT molecular complexity index is 909. The Morgan fingerprint density at radius 1 is 1.14 bits per heavy atom. The fourth-order valence-electron chi connectivity index (χ4n) is 3.94. The maximum Gasteiger partial charge on any atom is 0.192 e. The van der Waals surface area contributed by atoms with Gasteiger partial charge in [-0.15, -0.1) is 0 Å². The molecular formula is C25H40N2OSi. The second-order valence-electron chi connectivity index (χ2n) is 11.1. The summed E-state index contributed by atoms with van der Waals surface area (Å²) in [6.45, 7) is 21.5. The van der Waals surface area contributed by atoms with Crippen molar-refractivity contribution in [3.8, 4) is 0 Å². The molecule has 0 aliphatic carbocycles. The standard InChI is InChI=1S/C25H40N2OSi/c1-10-11-20(26-24(2,3)4)18-12-13-21-19(16-18)17-22-23(14-15-27(21)22)28-29(8,9)25(5,6)7/h12-13,16-17,23H,10-11,14-15H2,1-9H3/b26-20+. The van der Waals surface area contributed by atoms with Crippen LogP contribution in [0.15, 0.2) is 29.3 Å². The van der Waals surface area contributed by atoms with Gasteiger partial charge in [-0.2, -0.15) is 0 Å². The topological polar surface area (TPSA) is 26.5 Å². The summed E-state index contributed by atoms with van der Waals surface area (Å²) in [4.78, 5) is 5.02. The van der Waals surface area contributed by atoms with Crippen molar-refractivity contribution in [1.82, 2.24) is 4.57 Å². The zero-order valence-corrected chi connectivity index (χ0v) is 21.0. The highest BCUT2D eigenvalue weighted by atomic mass is 28.4. The Balaban J connectivity index is 1.97. The third-order valence-electron chi connectivity index (χ3n) is 6.41. The fourth-order valence-corrected chi connectivity index (χ4v) is 5.24. The quantitative estimate of drug-likeness (QED) is 0.369. The van der Waals surface area contributed by atoms with Gasteiger partial charge in [0.15, 0.2) is 8.32 Å². The number of aromatic nitrogens is 1. The van der Waals surface area contributed by atoms with Crippen LogP contribution in [0.25, 0.3) is 10.9 Å². The molecule has 160 valence electrons. The van der Waals surface area contributed by atoms with Crippen LogP contribution < -0.4 is 0 Å². The molecule has 0 bridgehead atoms. The SMILES string of the molecule is CCC/C(=N\C(C)(C)C)c1ccc2c(c1)cc1n2CCC1O[Si](C)(C)C(C)(C)C. The number of hydrogen-bond donors (Lipinski definition) is 0. The molecular weight excluding hydrogens is 372 g/mol. The average Bonchev–Trinajstić information content (AvgIpc) is 3.11. The Morgan fingerprint density at radius 3 is 2.41 bits per heavy atom. The highest BCUT2D eigenvalue weighted by Crippen LogP contribution is 2.43. The lowest BCUT2D eigenvalue weighted by molar-refractivity contribution is 0.185. The van der Waals surface area contributed by atoms with Gasteiger partial charge in [-0.3, -0.25) is 4.99 Å². The van der Waals surface area contributed by atoms with Crippen LogP contribution in [0.2, 0.25) is 18.1 Å². The van der Waals surface area contributed by atoms with E-state index in [-0.39, 0.29) is 16.7 Å². The number of fused-ring (bicyclic) bond motifs is 3. The van der Waals surface area contributed by atoms with Crippen molar-refractivity contribution in [2.24, 2.45) is 4.99 Å². The first kappa shape index (κ1) is 22.3. The van der Waals surface area contributed by atoms with Gasteiger partial charge in [-0.05, 0) is 75.5 Å². The summed E-state index contributed by atoms with van der Waals surface area (Å²) in [6, 6.07) is 9.25. The monoisotopic (exact) mass is 412 g/mol. The van der Waals surface area contributed by atoms with Crippen LogP contribution in [0.3, 0.4) is 0 Å². The van der Waals surface area contributed by atoms with E-state index in [1.165, 1.54) is 27.9 Å². The van der Waals surface area contributed by atoms with Gasteiger partial charge >= 0.3 is 0 Å². The van der Waals surface area contributed by atoms with Crippen LogP contribution in [0.1, 0.15) is 85.1 Å². The summed E-state index contributed by atoms with van der Waals surface area (Å²) in [6.07, 6.45) is 3.45. The van der Waals surface area contributed by atoms with Crippen molar-refractivity contribution in [2.45, 2.75) is 104 Å². The first-order chi connectivity index (χ1) is 13.3. The summed E-state index contributed by atoms with van der Waals surface area (Å²) in [5.41, 5.74) is 5.12. The number of rotatable bonds is 5. The van der Waals surface area contributed by atoms with Gasteiger partial charge in [0.25, 0.3) is 0 Å². The summed E-state index contributed by atoms with van der Waals surface area (Å²) < 4.78 is 9.27. The zero-order valence-electron chi connectivity index (χ0n) is 20.0. The first-order valence-corrected chi connectivity index (χ1v) is 14.1. The van der Waals surface area contributed by atoms with E-state index in [0.29, 0.717) is 0 Å². The van der Waals surface area contributed by atoms with Crippen molar-refractivity contribution >= 4 is 24.9 Å². The summed E-state index contributed by atoms with van der Waals surface area (Å²) in [7, 11) is -1.79. The molecule has 2 heterocycles. The largest absolute Gasteiger partial charge is 0.408 e. The molecule has 29 heavy (non-hydrogen) atoms. The minimum Gasteiger partial charge on any atom is -0.408 e. The van der Waals surface area contributed by atoms with Gasteiger partial charge in [0.05, 0.1) is 11.6 Å². The number of benzene rings is 1. The van der Waals surface area contributed by atoms with Gasteiger partial charge < -0.3 is 8.99 Å². The molecule has 0 radical (unpaired) electrons. The van der Waals surface area contributed by atoms with Crippen LogP contribution in [0.4, 0.5) is 0 Å². The Kier molecular flexibility index (Phi) is 5.92. The van der Waals surface area contributed by atoms with Crippen LogP contribution in [0.5, 0.6) is 0 Å². The number of hydrogen-bond acceptors (Lipinski definition) is 2. The fraction of sp³-hybridized carbons (Fsp3) is 0.640. The predicted molar refractivity (Wildman–Crippen MR) is 129 cm³/mol. The second kappa shape index (κ2) is 7.70. The molecule has 3 nitrogen and oxygen atoms in total. The van der Waals surface area contributed by atoms with Gasteiger partial charge in [0, 0.05) is 28.9 Å². The van der Waals surface area contributed by atoms with Crippen LogP contribution >= 0.6 is 0 Å². The van der Waals surface area contributed by atoms with Gasteiger partial charge in [-0.1, -0.05) is 40.2 Å². The summed E-state index contributed by atoms with van der Waals surface area (Å²) in [5.74, 6) is 0. The van der Waals surface area contributed by atoms with E-state index in [1.54, 1.807) is 0 Å². The lowest BCUT2D eigenvalue weighted by atomic mass is 10.0. The van der Waals surface area contributed by atoms with E-state index in [0.717, 1.165) is 25.8 Å². The Morgan fingerprint density at radius 2 is 1.83 bits per heavy atom. The van der Waals surface area contributed by atoms with Crippen molar-refractivity contribution < 1.29 is 4.43 Å². The lowest BCUT2D eigenvalue weighted by Gasteiger charge is -2.38. The third kappa shape index (κ3) is 4.69. The van der Waals surface area contributed by atoms with Crippen LogP contribution in [-0.4, -0.2) is 24.1 Å². The molecule has 1 atom stereocenters. The first-order valence-electron chi connectivity index (χ1n) is 11.2. The maximum atomic E-state index is 6.80. The van der Waals surface area contributed by atoms with E-state index < -0.39 is 8.32 Å². The number of aliphatic imine (C=N–C) groups is 1. The molecule has 0 N–H and O–H groups in total. The maximum absolute atomic E-state index is 6.80. The van der Waals surface area contributed by atoms with E-state index in [1.807, 2.05) is 0 Å². The highest BCUT2D eigenvalue weighted by Gasteiger charge is 2.41. The molecule has 1 aromatic carbocycles. The molecule has 1 aliphatic rings. The molecule has 1 unspecified atom stereocenters. The Labute approximate surface area is 178 Å². The molecule has 0 saturated heterocycles. The summed E-state index contributed by atoms with van der Waals surface area (Å²) in [5, 5.41) is 1.55. The predicted octanol–water partition coefficient (Wildman–Crippen LogP) is 7.50. The van der Waals surface area contributed by atoms with Crippen LogP contribution in [-0.2, 0) is 11.0 Å². The molecule has 2 aromatic rings. The van der Waals surface area contributed by atoms with Crippen molar-refractivity contribution in [3.63, 3.8) is 0 Å². The number of aryl methyl sites for hydroxylation is 1. The minimum absolute atomic E-state index is 0.0515. The van der Waals surface area contributed by atoms with E-state index in [2.05, 4.69) is 90.4 Å². The molecule has 3 rings (SSSR count). The molecule has 0 amide bonds. The van der Waals surface area contributed by atoms with E-state index in [4.69, 9.17) is 9.42 Å². The van der Waals surface area contributed by atoms with E-state index >= 15 is 0 Å². The Hall–Kier alpha value is -1.39. The average molecular weight is 413 g/mol. The molecule has 0 saturated carbocycles. The van der Waals surface area contributed by atoms with Crippen molar-refractivity contribution in [3.05, 3.63) is 35.5 Å². The van der Waals surface area contributed by atoms with E-state index in [9.17, 15) is 0 Å². The van der Waals surface area contributed by atoms with Crippen molar-refractivity contribution in [1.29, 1.82) is 0 Å².